The summed E-state index contributed by atoms with van der Waals surface area (Å²) in [6, 6.07) is -3.50. The van der Waals surface area contributed by atoms with E-state index in [2.05, 4.69) is 33.5 Å². The first kappa shape index (κ1) is 60.9. The molecule has 13 N–H and O–H groups in total. The molecular weight excluding hydrogens is 955 g/mol. The fraction of sp³-hybridized carbons (Fsp3) is 0.698. The Hall–Kier alpha value is -5.64. The molecule has 10 atom stereocenters. The molecule has 1 aromatic carbocycles. The van der Waals surface area contributed by atoms with Crippen molar-refractivity contribution in [1.82, 2.24) is 36.4 Å². The largest absolute Gasteiger partial charge is 0.508 e. The Balaban J connectivity index is 1.61. The summed E-state index contributed by atoms with van der Waals surface area (Å²) < 4.78 is 0. The number of carbonyl (C=O) groups is 8. The van der Waals surface area contributed by atoms with Crippen molar-refractivity contribution < 1.29 is 58.8 Å². The van der Waals surface area contributed by atoms with Crippen LogP contribution in [0.4, 0.5) is 0 Å². The molecule has 4 rings (SSSR count). The lowest BCUT2D eigenvalue weighted by atomic mass is 10.0. The average Bonchev–Trinajstić information content (AvgIpc) is 3.97. The van der Waals surface area contributed by atoms with E-state index in [1.807, 2.05) is 0 Å². The summed E-state index contributed by atoms with van der Waals surface area (Å²) in [6.07, 6.45) is 13.2. The van der Waals surface area contributed by atoms with Crippen molar-refractivity contribution >= 4 is 47.3 Å². The van der Waals surface area contributed by atoms with Crippen LogP contribution < -0.4 is 38.1 Å². The number of amides is 8. The number of fused-ring (bicyclic) bond motifs is 2. The lowest BCUT2D eigenvalue weighted by Crippen LogP contribution is -2.61. The predicted octanol–water partition coefficient (Wildman–Crippen LogP) is 1.11. The fourth-order valence-electron chi connectivity index (χ4n) is 9.78. The van der Waals surface area contributed by atoms with Crippen LogP contribution >= 0.6 is 0 Å². The Morgan fingerprint density at radius 2 is 1.20 bits per heavy atom. The SMILES string of the molecule is CCCCCCCCCCCCCCCC(=O)N[C@H]1C/C=C\C[C@@H](C(N)=O)NC(=O)[C@@H]2C[C@@H](O)CN2C(=O)[C@H](CCCN)NC(=O)[C@H](CCc2ccc(O)cc2)NC(=O)[C@@H]2C[C@@H](O)CN2C(=O)[C@H]([C@@H](C)O)NC1=O. The molecule has 0 spiro atoms. The van der Waals surface area contributed by atoms with E-state index in [1.165, 1.54) is 82.6 Å². The van der Waals surface area contributed by atoms with E-state index in [4.69, 9.17) is 11.5 Å². The van der Waals surface area contributed by atoms with E-state index >= 15 is 0 Å². The number of primary amides is 1. The van der Waals surface area contributed by atoms with Gasteiger partial charge in [0.1, 0.15) is 48.0 Å². The van der Waals surface area contributed by atoms with E-state index in [0.717, 1.165) is 35.5 Å². The van der Waals surface area contributed by atoms with Gasteiger partial charge in [0, 0.05) is 32.4 Å². The number of nitrogens with two attached hydrogens (primary N) is 2. The molecule has 1 aromatic rings. The van der Waals surface area contributed by atoms with Crippen molar-refractivity contribution in [2.75, 3.05) is 19.6 Å². The van der Waals surface area contributed by atoms with Gasteiger partial charge in [-0.1, -0.05) is 108 Å². The van der Waals surface area contributed by atoms with Crippen LogP contribution in [0.5, 0.6) is 5.75 Å². The quantitative estimate of drug-likeness (QED) is 0.0541. The Labute approximate surface area is 435 Å². The number of phenolic OH excluding ortho intramolecular Hbond substituents is 1. The van der Waals surface area contributed by atoms with E-state index in [-0.39, 0.29) is 83.2 Å². The van der Waals surface area contributed by atoms with Crippen molar-refractivity contribution in [3.63, 3.8) is 0 Å². The summed E-state index contributed by atoms with van der Waals surface area (Å²) in [5.74, 6) is -6.35. The Bertz CT molecular complexity index is 2020. The van der Waals surface area contributed by atoms with E-state index < -0.39 is 108 Å². The molecule has 74 heavy (non-hydrogen) atoms. The zero-order valence-corrected chi connectivity index (χ0v) is 43.5. The van der Waals surface area contributed by atoms with Gasteiger partial charge in [0.15, 0.2) is 0 Å². The second-order valence-electron chi connectivity index (χ2n) is 20.3. The summed E-state index contributed by atoms with van der Waals surface area (Å²) in [6.45, 7) is 2.94. The number of phenols is 1. The molecule has 3 aliphatic heterocycles. The molecule has 2 fully saturated rings. The summed E-state index contributed by atoms with van der Waals surface area (Å²) in [5, 5.41) is 55.8. The van der Waals surface area contributed by atoms with Crippen molar-refractivity contribution in [2.24, 2.45) is 11.5 Å². The monoisotopic (exact) mass is 1040 g/mol. The smallest absolute Gasteiger partial charge is 0.248 e. The lowest BCUT2D eigenvalue weighted by molar-refractivity contribution is -0.145. The highest BCUT2D eigenvalue weighted by atomic mass is 16.3. The highest BCUT2D eigenvalue weighted by Crippen LogP contribution is 2.24. The van der Waals surface area contributed by atoms with Crippen molar-refractivity contribution in [1.29, 1.82) is 0 Å². The zero-order chi connectivity index (χ0) is 54.2. The number of aliphatic hydroxyl groups is 3. The first-order chi connectivity index (χ1) is 35.4. The van der Waals surface area contributed by atoms with Gasteiger partial charge >= 0.3 is 0 Å². The standard InChI is InChI=1S/C53H85N9O12/c1-3-4-5-6-7-8-9-10-11-12-13-14-15-22-45(67)56-40-20-17-16-19-39(47(55)68)57-50(71)43-30-37(65)32-61(43)52(73)42(21-18-29-54)59-48(69)41(28-25-35-23-26-36(64)27-24-35)58-51(72)44-31-38(66)33-62(44)53(74)46(34(2)63)60-49(40)70/h16-17,23-24,26-27,34,37-44,46,63-66H,3-15,18-22,25,28-33,54H2,1-2H3,(H2,55,68)(H,56,67)(H,57,71)(H,58,72)(H,59,69)(H,60,70)/b17-16-/t34-,37-,38-,39+,40+,41+,42+,43+,44+,46+/m1/s1. The highest BCUT2D eigenvalue weighted by molar-refractivity contribution is 5.98. The second kappa shape index (κ2) is 31.9. The Kier molecular flexibility index (Phi) is 26.3. The maximum atomic E-state index is 14.4. The zero-order valence-electron chi connectivity index (χ0n) is 43.5. The van der Waals surface area contributed by atoms with Gasteiger partial charge in [-0.05, 0) is 76.1 Å². The van der Waals surface area contributed by atoms with Crippen molar-refractivity contribution in [3.8, 4) is 5.75 Å². The van der Waals surface area contributed by atoms with Crippen LogP contribution in [0.25, 0.3) is 0 Å². The number of hydrogen-bond donors (Lipinski definition) is 11. The van der Waals surface area contributed by atoms with Gasteiger partial charge < -0.3 is 68.3 Å². The number of nitrogens with one attached hydrogen (secondary N) is 5. The molecular formula is C53H85N9O12. The molecule has 3 heterocycles. The predicted molar refractivity (Wildman–Crippen MR) is 276 cm³/mol. The number of unbranched alkanes of at least 4 members (excludes halogenated alkanes) is 12. The first-order valence-electron chi connectivity index (χ1n) is 27.0. The molecule has 414 valence electrons. The molecule has 2 saturated heterocycles. The van der Waals surface area contributed by atoms with Gasteiger partial charge in [-0.3, -0.25) is 38.4 Å². The van der Waals surface area contributed by atoms with Gasteiger partial charge in [-0.2, -0.15) is 0 Å². The molecule has 0 unspecified atom stereocenters. The van der Waals surface area contributed by atoms with Gasteiger partial charge in [0.25, 0.3) is 0 Å². The van der Waals surface area contributed by atoms with Crippen LogP contribution in [0.15, 0.2) is 36.4 Å². The summed E-state index contributed by atoms with van der Waals surface area (Å²) in [4.78, 5) is 114. The third-order valence-corrected chi connectivity index (χ3v) is 14.1. The molecule has 0 saturated carbocycles. The molecule has 21 nitrogen and oxygen atoms in total. The second-order valence-corrected chi connectivity index (χ2v) is 20.3. The van der Waals surface area contributed by atoms with Gasteiger partial charge in [-0.15, -0.1) is 0 Å². The molecule has 3 aliphatic rings. The minimum Gasteiger partial charge on any atom is -0.508 e. The van der Waals surface area contributed by atoms with Crippen LogP contribution in [0.3, 0.4) is 0 Å². The molecule has 0 aromatic heterocycles. The normalized spacial score (nSPS) is 26.5. The van der Waals surface area contributed by atoms with Crippen molar-refractivity contribution in [3.05, 3.63) is 42.0 Å². The summed E-state index contributed by atoms with van der Waals surface area (Å²) in [5.41, 5.74) is 12.2. The molecule has 21 heteroatoms. The third-order valence-electron chi connectivity index (χ3n) is 14.1. The van der Waals surface area contributed by atoms with E-state index in [9.17, 15) is 58.8 Å². The number of nitrogens with zero attached hydrogens (tertiary/aromatic N) is 2. The average molecular weight is 1040 g/mol. The van der Waals surface area contributed by atoms with Crippen LogP contribution in [0.2, 0.25) is 0 Å². The maximum Gasteiger partial charge on any atom is 0.248 e. The van der Waals surface area contributed by atoms with Crippen LogP contribution in [0.1, 0.15) is 154 Å². The van der Waals surface area contributed by atoms with Crippen LogP contribution in [-0.2, 0) is 44.8 Å². The minimum atomic E-state index is -1.67. The Morgan fingerprint density at radius 1 is 0.676 bits per heavy atom. The molecule has 8 amide bonds. The molecule has 0 bridgehead atoms. The summed E-state index contributed by atoms with van der Waals surface area (Å²) >= 11 is 0. The van der Waals surface area contributed by atoms with Crippen molar-refractivity contribution in [2.45, 2.75) is 216 Å². The number of aliphatic hydroxyl groups excluding tert-OH is 3. The van der Waals surface area contributed by atoms with E-state index in [1.54, 1.807) is 12.1 Å². The number of carbonyl (C=O) groups excluding carboxylic acids is 8. The Morgan fingerprint density at radius 3 is 1.76 bits per heavy atom. The number of aryl methyl sites for hydroxylation is 1. The minimum absolute atomic E-state index is 0.000218. The fourth-order valence-corrected chi connectivity index (χ4v) is 9.78. The van der Waals surface area contributed by atoms with Gasteiger partial charge in [0.2, 0.25) is 47.3 Å². The molecule has 0 aliphatic carbocycles. The first-order valence-corrected chi connectivity index (χ1v) is 27.0. The lowest BCUT2D eigenvalue weighted by Gasteiger charge is -2.32. The number of benzene rings is 1. The van der Waals surface area contributed by atoms with Gasteiger partial charge in [-0.25, -0.2) is 0 Å². The topological polar surface area (TPSA) is 336 Å². The third kappa shape index (κ3) is 19.9. The van der Waals surface area contributed by atoms with Crippen LogP contribution in [-0.4, -0.2) is 158 Å². The number of rotatable bonds is 23. The molecule has 0 radical (unpaired) electrons. The maximum absolute atomic E-state index is 14.4. The van der Waals surface area contributed by atoms with E-state index in [0.29, 0.717) is 12.0 Å². The van der Waals surface area contributed by atoms with Crippen LogP contribution in [0, 0.1) is 0 Å². The number of aromatic hydroxyl groups is 1. The van der Waals surface area contributed by atoms with Gasteiger partial charge in [0.05, 0.1) is 18.3 Å². The summed E-state index contributed by atoms with van der Waals surface area (Å²) in [7, 11) is 0. The highest BCUT2D eigenvalue weighted by Gasteiger charge is 2.45. The number of hydrogen-bond acceptors (Lipinski definition) is 13.